The molecule has 1 atom stereocenters. The molecule has 1 unspecified atom stereocenters. The molecule has 0 aromatic heterocycles. The minimum Gasteiger partial charge on any atom is -0.481 e. The van der Waals surface area contributed by atoms with Crippen LogP contribution < -0.4 is 5.32 Å². The number of hydrogen-bond acceptors (Lipinski definition) is 3. The lowest BCUT2D eigenvalue weighted by Gasteiger charge is -2.23. The van der Waals surface area contributed by atoms with E-state index in [0.29, 0.717) is 6.10 Å². The lowest BCUT2D eigenvalue weighted by atomic mass is 9.89. The van der Waals surface area contributed by atoms with Gasteiger partial charge in [-0.25, -0.2) is 0 Å². The highest BCUT2D eigenvalue weighted by molar-refractivity contribution is 5.67. The summed E-state index contributed by atoms with van der Waals surface area (Å²) < 4.78 is 5.47. The van der Waals surface area contributed by atoms with E-state index in [1.165, 1.54) is 0 Å². The first-order chi connectivity index (χ1) is 6.99. The normalized spacial score (nSPS) is 21.9. The van der Waals surface area contributed by atoms with Crippen molar-refractivity contribution < 1.29 is 14.6 Å². The van der Waals surface area contributed by atoms with Crippen LogP contribution in [-0.2, 0) is 9.53 Å². The van der Waals surface area contributed by atoms with Crippen LogP contribution in [0.3, 0.4) is 0 Å². The van der Waals surface area contributed by atoms with Crippen molar-refractivity contribution in [2.45, 2.75) is 39.2 Å². The maximum atomic E-state index is 10.6. The summed E-state index contributed by atoms with van der Waals surface area (Å²) in [4.78, 5) is 10.6. The van der Waals surface area contributed by atoms with Gasteiger partial charge in [-0.3, -0.25) is 4.79 Å². The van der Waals surface area contributed by atoms with Gasteiger partial charge in [0.25, 0.3) is 0 Å². The molecule has 15 heavy (non-hydrogen) atoms. The molecule has 0 saturated carbocycles. The van der Waals surface area contributed by atoms with Gasteiger partial charge in [-0.05, 0) is 18.3 Å². The van der Waals surface area contributed by atoms with E-state index >= 15 is 0 Å². The molecule has 4 heteroatoms. The largest absolute Gasteiger partial charge is 0.481 e. The molecule has 0 spiro atoms. The summed E-state index contributed by atoms with van der Waals surface area (Å²) in [5.74, 6) is -0.737. The van der Waals surface area contributed by atoms with Gasteiger partial charge in [0, 0.05) is 19.7 Å². The third kappa shape index (κ3) is 5.14. The van der Waals surface area contributed by atoms with Crippen LogP contribution >= 0.6 is 0 Å². The fraction of sp³-hybridized carbons (Fsp3) is 0.909. The summed E-state index contributed by atoms with van der Waals surface area (Å²) in [6.45, 7) is 6.35. The van der Waals surface area contributed by atoms with Gasteiger partial charge in [-0.15, -0.1) is 0 Å². The van der Waals surface area contributed by atoms with Crippen molar-refractivity contribution in [2.75, 3.05) is 19.7 Å². The van der Waals surface area contributed by atoms with Gasteiger partial charge in [0.15, 0.2) is 0 Å². The van der Waals surface area contributed by atoms with E-state index < -0.39 is 5.97 Å². The lowest BCUT2D eigenvalue weighted by molar-refractivity contribution is -0.139. The van der Waals surface area contributed by atoms with Gasteiger partial charge >= 0.3 is 5.97 Å². The lowest BCUT2D eigenvalue weighted by Crippen LogP contribution is -2.35. The highest BCUT2D eigenvalue weighted by Crippen LogP contribution is 2.19. The number of hydrogen-bond donors (Lipinski definition) is 2. The van der Waals surface area contributed by atoms with Crippen LogP contribution in [0.2, 0.25) is 0 Å². The zero-order chi connectivity index (χ0) is 11.3. The van der Waals surface area contributed by atoms with Gasteiger partial charge in [0.05, 0.1) is 12.5 Å². The second-order valence-corrected chi connectivity index (χ2v) is 5.00. The van der Waals surface area contributed by atoms with Crippen molar-refractivity contribution in [2.24, 2.45) is 5.41 Å². The fourth-order valence-electron chi connectivity index (χ4n) is 1.85. The van der Waals surface area contributed by atoms with E-state index in [2.05, 4.69) is 5.32 Å². The standard InChI is InChI=1S/C11H21NO3/c1-11(2,6-10(13)14)8-12-7-9-4-3-5-15-9/h9,12H,3-8H2,1-2H3,(H,13,14). The monoisotopic (exact) mass is 215 g/mol. The smallest absolute Gasteiger partial charge is 0.303 e. The van der Waals surface area contributed by atoms with Gasteiger partial charge in [0.2, 0.25) is 0 Å². The Morgan fingerprint density at radius 2 is 2.33 bits per heavy atom. The number of ether oxygens (including phenoxy) is 1. The average molecular weight is 215 g/mol. The number of carbonyl (C=O) groups is 1. The molecule has 1 aliphatic rings. The van der Waals surface area contributed by atoms with Crippen molar-refractivity contribution in [1.29, 1.82) is 0 Å². The highest BCUT2D eigenvalue weighted by Gasteiger charge is 2.22. The molecule has 1 heterocycles. The summed E-state index contributed by atoms with van der Waals surface area (Å²) >= 11 is 0. The highest BCUT2D eigenvalue weighted by atomic mass is 16.5. The van der Waals surface area contributed by atoms with Crippen molar-refractivity contribution in [3.05, 3.63) is 0 Å². The molecular weight excluding hydrogens is 194 g/mol. The minimum atomic E-state index is -0.737. The zero-order valence-electron chi connectivity index (χ0n) is 9.58. The Bertz CT molecular complexity index is 210. The maximum Gasteiger partial charge on any atom is 0.303 e. The Morgan fingerprint density at radius 1 is 1.60 bits per heavy atom. The second kappa shape index (κ2) is 5.47. The van der Waals surface area contributed by atoms with Crippen molar-refractivity contribution in [3.8, 4) is 0 Å². The quantitative estimate of drug-likeness (QED) is 0.700. The number of aliphatic carboxylic acids is 1. The molecule has 4 nitrogen and oxygen atoms in total. The number of rotatable bonds is 6. The number of nitrogens with one attached hydrogen (secondary N) is 1. The van der Waals surface area contributed by atoms with Crippen LogP contribution in [0, 0.1) is 5.41 Å². The molecule has 0 aromatic carbocycles. The molecule has 0 amide bonds. The molecular formula is C11H21NO3. The van der Waals surface area contributed by atoms with Crippen LogP contribution in [-0.4, -0.2) is 36.9 Å². The summed E-state index contributed by atoms with van der Waals surface area (Å²) in [5, 5.41) is 12.0. The molecule has 0 radical (unpaired) electrons. The summed E-state index contributed by atoms with van der Waals surface area (Å²) in [6.07, 6.45) is 2.79. The van der Waals surface area contributed by atoms with Crippen molar-refractivity contribution in [1.82, 2.24) is 5.32 Å². The van der Waals surface area contributed by atoms with Crippen LogP contribution in [0.25, 0.3) is 0 Å². The number of carboxylic acid groups (broad SMARTS) is 1. The van der Waals surface area contributed by atoms with Gasteiger partial charge in [0.1, 0.15) is 0 Å². The second-order valence-electron chi connectivity index (χ2n) is 5.00. The zero-order valence-corrected chi connectivity index (χ0v) is 9.58. The predicted molar refractivity (Wildman–Crippen MR) is 57.9 cm³/mol. The van der Waals surface area contributed by atoms with Crippen LogP contribution in [0.5, 0.6) is 0 Å². The Hall–Kier alpha value is -0.610. The molecule has 1 aliphatic heterocycles. The van der Waals surface area contributed by atoms with E-state index in [1.54, 1.807) is 0 Å². The van der Waals surface area contributed by atoms with Crippen LogP contribution in [0.4, 0.5) is 0 Å². The van der Waals surface area contributed by atoms with E-state index in [0.717, 1.165) is 32.5 Å². The Balaban J connectivity index is 2.14. The molecule has 88 valence electrons. The van der Waals surface area contributed by atoms with Crippen LogP contribution in [0.15, 0.2) is 0 Å². The third-order valence-corrected chi connectivity index (χ3v) is 2.63. The van der Waals surface area contributed by atoms with Crippen LogP contribution in [0.1, 0.15) is 33.1 Å². The first kappa shape index (κ1) is 12.5. The summed E-state index contributed by atoms with van der Waals surface area (Å²) in [5.41, 5.74) is -0.190. The summed E-state index contributed by atoms with van der Waals surface area (Å²) in [7, 11) is 0. The first-order valence-corrected chi connectivity index (χ1v) is 5.54. The maximum absolute atomic E-state index is 10.6. The van der Waals surface area contributed by atoms with Gasteiger partial charge < -0.3 is 15.2 Å². The minimum absolute atomic E-state index is 0.190. The molecule has 0 aliphatic carbocycles. The Kier molecular flexibility index (Phi) is 4.54. The van der Waals surface area contributed by atoms with Crippen molar-refractivity contribution in [3.63, 3.8) is 0 Å². The molecule has 1 rings (SSSR count). The SMILES string of the molecule is CC(C)(CNCC1CCCO1)CC(=O)O. The molecule has 1 saturated heterocycles. The fourth-order valence-corrected chi connectivity index (χ4v) is 1.85. The third-order valence-electron chi connectivity index (χ3n) is 2.63. The average Bonchev–Trinajstić information content (AvgIpc) is 2.53. The first-order valence-electron chi connectivity index (χ1n) is 5.54. The van der Waals surface area contributed by atoms with E-state index in [4.69, 9.17) is 9.84 Å². The van der Waals surface area contributed by atoms with Crippen molar-refractivity contribution >= 4 is 5.97 Å². The van der Waals surface area contributed by atoms with E-state index in [1.807, 2.05) is 13.8 Å². The molecule has 1 fully saturated rings. The predicted octanol–water partition coefficient (Wildman–Crippen LogP) is 1.26. The molecule has 2 N–H and O–H groups in total. The topological polar surface area (TPSA) is 58.6 Å². The van der Waals surface area contributed by atoms with Gasteiger partial charge in [-0.2, -0.15) is 0 Å². The van der Waals surface area contributed by atoms with E-state index in [9.17, 15) is 4.79 Å². The number of carboxylic acids is 1. The Labute approximate surface area is 91.0 Å². The van der Waals surface area contributed by atoms with E-state index in [-0.39, 0.29) is 11.8 Å². The summed E-state index contributed by atoms with van der Waals surface area (Å²) in [6, 6.07) is 0. The van der Waals surface area contributed by atoms with Gasteiger partial charge in [-0.1, -0.05) is 13.8 Å². The Morgan fingerprint density at radius 3 is 2.87 bits per heavy atom. The molecule has 0 aromatic rings. The molecule has 0 bridgehead atoms.